The standard InChI is InChI=1S/C22H44BrO6P/c1-3-4-5-6-7-8-9-10-11-12-13-14-15-16-17-21(18-28-20(2)24)22(23)19-29-30(25,26)27/h21-22H,3-19H2,1-2H3,(H2,25,26,27). The fourth-order valence-electron chi connectivity index (χ4n) is 3.50. The summed E-state index contributed by atoms with van der Waals surface area (Å²) in [5.74, 6) is -0.380. The number of rotatable bonds is 21. The van der Waals surface area contributed by atoms with Crippen LogP contribution in [0.1, 0.15) is 110 Å². The Morgan fingerprint density at radius 2 is 1.27 bits per heavy atom. The number of carbonyl (C=O) groups is 1. The lowest BCUT2D eigenvalue weighted by Gasteiger charge is -2.22. The zero-order chi connectivity index (χ0) is 22.7. The van der Waals surface area contributed by atoms with Gasteiger partial charge in [-0.15, -0.1) is 0 Å². The fourth-order valence-corrected chi connectivity index (χ4v) is 4.61. The van der Waals surface area contributed by atoms with Crippen molar-refractivity contribution in [3.63, 3.8) is 0 Å². The lowest BCUT2D eigenvalue weighted by atomic mass is 9.97. The maximum atomic E-state index is 11.1. The van der Waals surface area contributed by atoms with Crippen LogP contribution in [-0.4, -0.2) is 33.8 Å². The van der Waals surface area contributed by atoms with Crippen LogP contribution in [0.4, 0.5) is 0 Å². The van der Waals surface area contributed by atoms with Crippen LogP contribution in [0, 0.1) is 5.92 Å². The number of phosphoric acid groups is 1. The topological polar surface area (TPSA) is 93.1 Å². The first kappa shape index (κ1) is 30.1. The first-order valence-corrected chi connectivity index (χ1v) is 14.2. The van der Waals surface area contributed by atoms with Gasteiger partial charge in [-0.1, -0.05) is 113 Å². The molecule has 0 fully saturated rings. The molecule has 0 radical (unpaired) electrons. The molecule has 0 amide bonds. The molecule has 2 N–H and O–H groups in total. The van der Waals surface area contributed by atoms with Crippen LogP contribution in [0.15, 0.2) is 0 Å². The van der Waals surface area contributed by atoms with E-state index in [1.54, 1.807) is 0 Å². The molecule has 0 rings (SSSR count). The molecule has 0 saturated carbocycles. The van der Waals surface area contributed by atoms with Gasteiger partial charge in [-0.25, -0.2) is 4.57 Å². The van der Waals surface area contributed by atoms with E-state index in [0.29, 0.717) is 0 Å². The van der Waals surface area contributed by atoms with Crippen molar-refractivity contribution in [2.24, 2.45) is 5.92 Å². The van der Waals surface area contributed by atoms with Crippen LogP contribution in [-0.2, 0) is 18.6 Å². The van der Waals surface area contributed by atoms with Gasteiger partial charge in [0.25, 0.3) is 0 Å². The first-order chi connectivity index (χ1) is 14.3. The van der Waals surface area contributed by atoms with Gasteiger partial charge >= 0.3 is 13.8 Å². The first-order valence-electron chi connectivity index (χ1n) is 11.7. The smallest absolute Gasteiger partial charge is 0.466 e. The number of unbranched alkanes of at least 4 members (excludes halogenated alkanes) is 13. The number of ether oxygens (including phenoxy) is 1. The van der Waals surface area contributed by atoms with Crippen molar-refractivity contribution in [3.8, 4) is 0 Å². The number of phosphoric ester groups is 1. The van der Waals surface area contributed by atoms with Crippen molar-refractivity contribution >= 4 is 29.7 Å². The van der Waals surface area contributed by atoms with Gasteiger partial charge in [0.15, 0.2) is 0 Å². The molecule has 0 heterocycles. The van der Waals surface area contributed by atoms with Crippen molar-refractivity contribution in [2.75, 3.05) is 13.2 Å². The molecule has 2 unspecified atom stereocenters. The molecule has 0 aliphatic rings. The summed E-state index contributed by atoms with van der Waals surface area (Å²) in [7, 11) is -4.50. The monoisotopic (exact) mass is 514 g/mol. The third-order valence-corrected chi connectivity index (χ3v) is 6.84. The van der Waals surface area contributed by atoms with Gasteiger partial charge in [0.1, 0.15) is 0 Å². The van der Waals surface area contributed by atoms with E-state index >= 15 is 0 Å². The molecule has 0 aliphatic carbocycles. The van der Waals surface area contributed by atoms with Gasteiger partial charge in [0.05, 0.1) is 13.2 Å². The molecule has 0 spiro atoms. The second-order valence-electron chi connectivity index (χ2n) is 8.25. The molecule has 6 nitrogen and oxygen atoms in total. The molecule has 0 bridgehead atoms. The highest BCUT2D eigenvalue weighted by Crippen LogP contribution is 2.37. The van der Waals surface area contributed by atoms with Crippen LogP contribution in [0.5, 0.6) is 0 Å². The summed E-state index contributed by atoms with van der Waals surface area (Å²) in [5, 5.41) is 0. The molecule has 30 heavy (non-hydrogen) atoms. The van der Waals surface area contributed by atoms with Gasteiger partial charge in [0.2, 0.25) is 0 Å². The minimum absolute atomic E-state index is 0.0298. The summed E-state index contributed by atoms with van der Waals surface area (Å²) < 4.78 is 20.6. The largest absolute Gasteiger partial charge is 0.469 e. The predicted octanol–water partition coefficient (Wildman–Crippen LogP) is 6.91. The van der Waals surface area contributed by atoms with E-state index in [9.17, 15) is 9.36 Å². The lowest BCUT2D eigenvalue weighted by molar-refractivity contribution is -0.142. The van der Waals surface area contributed by atoms with Gasteiger partial charge in [-0.2, -0.15) is 0 Å². The lowest BCUT2D eigenvalue weighted by Crippen LogP contribution is -2.25. The summed E-state index contributed by atoms with van der Waals surface area (Å²) in [5.41, 5.74) is 0. The van der Waals surface area contributed by atoms with Crippen LogP contribution < -0.4 is 0 Å². The molecule has 0 aromatic heterocycles. The summed E-state index contributed by atoms with van der Waals surface area (Å²) in [6.07, 6.45) is 19.0. The number of hydrogen-bond acceptors (Lipinski definition) is 4. The quantitative estimate of drug-likeness (QED) is 0.0747. The predicted molar refractivity (Wildman–Crippen MR) is 126 cm³/mol. The minimum atomic E-state index is -4.50. The van der Waals surface area contributed by atoms with Crippen molar-refractivity contribution in [1.29, 1.82) is 0 Å². The van der Waals surface area contributed by atoms with Crippen LogP contribution in [0.25, 0.3) is 0 Å². The molecule has 0 aromatic rings. The second kappa shape index (κ2) is 19.7. The maximum Gasteiger partial charge on any atom is 0.469 e. The Labute approximate surface area is 192 Å². The van der Waals surface area contributed by atoms with E-state index in [1.807, 2.05) is 0 Å². The number of alkyl halides is 1. The average molecular weight is 515 g/mol. The molecule has 0 aliphatic heterocycles. The Hall–Kier alpha value is 0.0600. The van der Waals surface area contributed by atoms with E-state index < -0.39 is 7.82 Å². The number of esters is 1. The third kappa shape index (κ3) is 21.3. The normalized spacial score (nSPS) is 13.9. The summed E-state index contributed by atoms with van der Waals surface area (Å²) >= 11 is 3.43. The fraction of sp³-hybridized carbons (Fsp3) is 0.955. The maximum absolute atomic E-state index is 11.1. The van der Waals surface area contributed by atoms with Crippen molar-refractivity contribution in [3.05, 3.63) is 0 Å². The SMILES string of the molecule is CCCCCCCCCCCCCCCCC(COC(C)=O)C(Br)COP(=O)(O)O. The Kier molecular flexibility index (Phi) is 19.8. The summed E-state index contributed by atoms with van der Waals surface area (Å²) in [6, 6.07) is 0. The van der Waals surface area contributed by atoms with E-state index in [-0.39, 0.29) is 29.9 Å². The minimum Gasteiger partial charge on any atom is -0.466 e. The highest BCUT2D eigenvalue weighted by molar-refractivity contribution is 9.09. The van der Waals surface area contributed by atoms with Gasteiger partial charge in [-0.05, 0) is 6.42 Å². The summed E-state index contributed by atoms with van der Waals surface area (Å²) in [6.45, 7) is 3.73. The third-order valence-electron chi connectivity index (χ3n) is 5.34. The van der Waals surface area contributed by atoms with E-state index in [2.05, 4.69) is 27.4 Å². The Balaban J connectivity index is 3.77. The van der Waals surface area contributed by atoms with E-state index in [1.165, 1.54) is 84.0 Å². The molecule has 2 atom stereocenters. The van der Waals surface area contributed by atoms with Gasteiger partial charge < -0.3 is 14.5 Å². The molecular formula is C22H44BrO6P. The van der Waals surface area contributed by atoms with Crippen LogP contribution in [0.2, 0.25) is 0 Å². The zero-order valence-electron chi connectivity index (χ0n) is 19.0. The van der Waals surface area contributed by atoms with Crippen LogP contribution >= 0.6 is 23.8 Å². The summed E-state index contributed by atoms with van der Waals surface area (Å²) in [4.78, 5) is 28.5. The number of halogens is 1. The Bertz CT molecular complexity index is 457. The second-order valence-corrected chi connectivity index (χ2v) is 10.7. The van der Waals surface area contributed by atoms with E-state index in [0.717, 1.165) is 19.3 Å². The number of hydrogen-bond donors (Lipinski definition) is 2. The van der Waals surface area contributed by atoms with Crippen molar-refractivity contribution in [2.45, 2.75) is 115 Å². The highest BCUT2D eigenvalue weighted by atomic mass is 79.9. The zero-order valence-corrected chi connectivity index (χ0v) is 21.5. The van der Waals surface area contributed by atoms with Crippen molar-refractivity contribution in [1.82, 2.24) is 0 Å². The molecule has 8 heteroatoms. The van der Waals surface area contributed by atoms with Gasteiger partial charge in [-0.3, -0.25) is 9.32 Å². The van der Waals surface area contributed by atoms with Crippen LogP contribution in [0.3, 0.4) is 0 Å². The molecule has 180 valence electrons. The Morgan fingerprint density at radius 3 is 1.67 bits per heavy atom. The highest BCUT2D eigenvalue weighted by Gasteiger charge is 2.24. The van der Waals surface area contributed by atoms with E-state index in [4.69, 9.17) is 14.5 Å². The van der Waals surface area contributed by atoms with Crippen molar-refractivity contribution < 1.29 is 28.4 Å². The Morgan fingerprint density at radius 1 is 0.833 bits per heavy atom. The molecular weight excluding hydrogens is 471 g/mol. The molecule has 0 aromatic carbocycles. The number of carbonyl (C=O) groups excluding carboxylic acids is 1. The average Bonchev–Trinajstić information content (AvgIpc) is 2.67. The van der Waals surface area contributed by atoms with Gasteiger partial charge in [0, 0.05) is 17.7 Å². The molecule has 0 saturated heterocycles.